The highest BCUT2D eigenvalue weighted by Crippen LogP contribution is 2.68. The number of thioether (sulfide) groups is 1. The van der Waals surface area contributed by atoms with Crippen LogP contribution in [-0.2, 0) is 32.1 Å². The third kappa shape index (κ3) is 4.75. The minimum absolute atomic E-state index is 0.0241. The molecule has 0 radical (unpaired) electrons. The Morgan fingerprint density at radius 2 is 2.14 bits per heavy atom. The molecular weight excluding hydrogens is 569 g/mol. The van der Waals surface area contributed by atoms with Crippen LogP contribution in [0.2, 0.25) is 0 Å². The van der Waals surface area contributed by atoms with Crippen molar-refractivity contribution in [3.63, 3.8) is 0 Å². The molecule has 1 N–H and O–H groups in total. The van der Waals surface area contributed by atoms with E-state index in [0.29, 0.717) is 24.2 Å². The van der Waals surface area contributed by atoms with Gasteiger partial charge in [-0.05, 0) is 98.0 Å². The maximum Gasteiger partial charge on any atom is 0.333 e. The van der Waals surface area contributed by atoms with E-state index in [1.165, 1.54) is 18.7 Å². The zero-order valence-electron chi connectivity index (χ0n) is 24.8. The maximum absolute atomic E-state index is 14.1. The van der Waals surface area contributed by atoms with Gasteiger partial charge >= 0.3 is 5.97 Å². The van der Waals surface area contributed by atoms with E-state index in [1.54, 1.807) is 12.1 Å². The van der Waals surface area contributed by atoms with Crippen molar-refractivity contribution in [2.24, 2.45) is 35.0 Å². The van der Waals surface area contributed by atoms with Crippen molar-refractivity contribution in [2.45, 2.75) is 64.6 Å². The molecule has 4 aliphatic carbocycles. The highest BCUT2D eigenvalue weighted by molar-refractivity contribution is 8.14. The highest BCUT2D eigenvalue weighted by atomic mass is 32.2. The molecule has 0 bridgehead atoms. The van der Waals surface area contributed by atoms with Gasteiger partial charge in [0, 0.05) is 18.1 Å². The summed E-state index contributed by atoms with van der Waals surface area (Å²) in [7, 11) is 1.44. The molecule has 1 heterocycles. The number of nitrogens with zero attached hydrogens (tertiary/aromatic N) is 3. The second-order valence-electron chi connectivity index (χ2n) is 12.9. The Labute approximate surface area is 255 Å². The molecule has 3 saturated carbocycles. The zero-order valence-corrected chi connectivity index (χ0v) is 25.7. The molecule has 3 fully saturated rings. The summed E-state index contributed by atoms with van der Waals surface area (Å²) in [6, 6.07) is 6.76. The SMILES string of the molecule is COCC(=O)O[C@]1(C(=O)SCC#N)CC[C@H]2[C@H]3CCC4=Cc5c(cnn5-c5ccc(F)c(CO)c5)CC4[C@H]3[C@@H](C)C[C@@]21C. The molecular formula is C33H38FN3O5S. The molecule has 0 saturated heterocycles. The van der Waals surface area contributed by atoms with E-state index in [0.717, 1.165) is 60.8 Å². The second-order valence-corrected chi connectivity index (χ2v) is 13.9. The number of hydrogen-bond acceptors (Lipinski definition) is 8. The molecule has 6 rings (SSSR count). The molecule has 1 aromatic heterocycles. The zero-order chi connectivity index (χ0) is 30.5. The van der Waals surface area contributed by atoms with Gasteiger partial charge in [0.25, 0.3) is 0 Å². The quantitative estimate of drug-likeness (QED) is 0.425. The molecule has 228 valence electrons. The standard InChI is InChI=1S/C33H38FN3O5S/c1-19-15-32(2)26(8-9-33(32,31(40)43-11-10-35)42-29(39)18-41-3)24-6-4-20-14-28-21(13-25(20)30(19)24)16-36-37(28)23-5-7-27(34)22(12-23)17-38/h5,7,12,14,16,19,24-26,30,38H,4,6,8-9,11,13,15,17-18H2,1-3H3/t19-,24+,25?,26-,30-,32-,33-/m0/s1. The van der Waals surface area contributed by atoms with Crippen LogP contribution in [0.15, 0.2) is 30.0 Å². The number of methoxy groups -OCH3 is 1. The number of esters is 1. The van der Waals surface area contributed by atoms with Crippen LogP contribution < -0.4 is 0 Å². The summed E-state index contributed by atoms with van der Waals surface area (Å²) in [5.41, 5.74) is 2.74. The molecule has 2 aromatic rings. The van der Waals surface area contributed by atoms with Crippen LogP contribution in [0, 0.1) is 52.2 Å². The lowest BCUT2D eigenvalue weighted by Crippen LogP contribution is -2.59. The Bertz CT molecular complexity index is 1520. The lowest BCUT2D eigenvalue weighted by Gasteiger charge is -2.58. The largest absolute Gasteiger partial charge is 0.448 e. The average molecular weight is 608 g/mol. The summed E-state index contributed by atoms with van der Waals surface area (Å²) in [6.07, 6.45) is 9.01. The van der Waals surface area contributed by atoms with Crippen molar-refractivity contribution in [3.05, 3.63) is 52.6 Å². The van der Waals surface area contributed by atoms with Gasteiger partial charge in [-0.1, -0.05) is 31.2 Å². The van der Waals surface area contributed by atoms with Gasteiger partial charge in [0.2, 0.25) is 5.12 Å². The fourth-order valence-corrected chi connectivity index (χ4v) is 10.1. The van der Waals surface area contributed by atoms with Gasteiger partial charge in [0.1, 0.15) is 12.4 Å². The Hall–Kier alpha value is -3.00. The van der Waals surface area contributed by atoms with E-state index in [-0.39, 0.29) is 41.5 Å². The number of benzene rings is 1. The Kier molecular flexibility index (Phi) is 8.03. The van der Waals surface area contributed by atoms with Crippen LogP contribution in [0.5, 0.6) is 0 Å². The maximum atomic E-state index is 14.1. The fraction of sp³-hybridized carbons (Fsp3) is 0.576. The Balaban J connectivity index is 1.31. The first-order chi connectivity index (χ1) is 20.7. The number of carbonyl (C=O) groups excluding carboxylic acids is 2. The minimum Gasteiger partial charge on any atom is -0.448 e. The second kappa shape index (κ2) is 11.5. The molecule has 4 aliphatic rings. The first-order valence-electron chi connectivity index (χ1n) is 15.1. The lowest BCUT2D eigenvalue weighted by atomic mass is 9.48. The van der Waals surface area contributed by atoms with Crippen molar-refractivity contribution < 1.29 is 28.6 Å². The van der Waals surface area contributed by atoms with Gasteiger partial charge < -0.3 is 14.6 Å². The molecule has 1 aromatic carbocycles. The monoisotopic (exact) mass is 607 g/mol. The van der Waals surface area contributed by atoms with Gasteiger partial charge in [-0.2, -0.15) is 10.4 Å². The van der Waals surface area contributed by atoms with Crippen LogP contribution in [0.4, 0.5) is 4.39 Å². The molecule has 8 nitrogen and oxygen atoms in total. The highest BCUT2D eigenvalue weighted by Gasteiger charge is 2.69. The smallest absolute Gasteiger partial charge is 0.333 e. The van der Waals surface area contributed by atoms with Crippen molar-refractivity contribution in [1.82, 2.24) is 9.78 Å². The molecule has 0 amide bonds. The first-order valence-corrected chi connectivity index (χ1v) is 16.1. The number of aromatic nitrogens is 2. The van der Waals surface area contributed by atoms with Crippen molar-refractivity contribution in [3.8, 4) is 11.8 Å². The molecule has 1 unspecified atom stereocenters. The number of carbonyl (C=O) groups is 2. The lowest BCUT2D eigenvalue weighted by molar-refractivity contribution is -0.190. The molecule has 43 heavy (non-hydrogen) atoms. The van der Waals surface area contributed by atoms with Gasteiger partial charge in [0.15, 0.2) is 5.60 Å². The summed E-state index contributed by atoms with van der Waals surface area (Å²) in [5.74, 6) is 0.725. The number of aliphatic hydroxyl groups excluding tert-OH is 1. The number of fused-ring (bicyclic) bond motifs is 6. The van der Waals surface area contributed by atoms with Crippen LogP contribution >= 0.6 is 11.8 Å². The fourth-order valence-electron chi connectivity index (χ4n) is 9.30. The number of rotatable bonds is 7. The number of hydrogen-bond donors (Lipinski definition) is 1. The number of ether oxygens (including phenoxy) is 2. The van der Waals surface area contributed by atoms with E-state index in [9.17, 15) is 24.3 Å². The first kappa shape index (κ1) is 30.0. The van der Waals surface area contributed by atoms with Crippen LogP contribution in [0.25, 0.3) is 11.8 Å². The summed E-state index contributed by atoms with van der Waals surface area (Å²) in [4.78, 5) is 26.6. The molecule has 0 aliphatic heterocycles. The summed E-state index contributed by atoms with van der Waals surface area (Å²) in [5, 5.41) is 23.2. The van der Waals surface area contributed by atoms with Gasteiger partial charge in [-0.15, -0.1) is 0 Å². The summed E-state index contributed by atoms with van der Waals surface area (Å²) in [6.45, 7) is 3.83. The van der Waals surface area contributed by atoms with E-state index < -0.39 is 22.8 Å². The third-order valence-electron chi connectivity index (χ3n) is 10.9. The van der Waals surface area contributed by atoms with E-state index in [2.05, 4.69) is 31.1 Å². The Morgan fingerprint density at radius 3 is 2.88 bits per heavy atom. The number of halogens is 1. The van der Waals surface area contributed by atoms with Crippen molar-refractivity contribution >= 4 is 28.9 Å². The van der Waals surface area contributed by atoms with Crippen LogP contribution in [-0.4, -0.2) is 51.0 Å². The summed E-state index contributed by atoms with van der Waals surface area (Å²) >= 11 is 0.960. The predicted octanol–water partition coefficient (Wildman–Crippen LogP) is 5.25. The van der Waals surface area contributed by atoms with Gasteiger partial charge in [0.05, 0.1) is 36.0 Å². The van der Waals surface area contributed by atoms with Crippen LogP contribution in [0.1, 0.15) is 62.8 Å². The van der Waals surface area contributed by atoms with Crippen LogP contribution in [0.3, 0.4) is 0 Å². The van der Waals surface area contributed by atoms with E-state index in [4.69, 9.17) is 9.47 Å². The molecule has 7 atom stereocenters. The molecule has 0 spiro atoms. The van der Waals surface area contributed by atoms with E-state index >= 15 is 0 Å². The van der Waals surface area contributed by atoms with E-state index in [1.807, 2.05) is 10.9 Å². The Morgan fingerprint density at radius 1 is 1.33 bits per heavy atom. The number of allylic oxidation sites excluding steroid dienone is 1. The minimum atomic E-state index is -1.27. The normalized spacial score (nSPS) is 32.5. The predicted molar refractivity (Wildman–Crippen MR) is 159 cm³/mol. The van der Waals surface area contributed by atoms with Gasteiger partial charge in [-0.25, -0.2) is 13.9 Å². The van der Waals surface area contributed by atoms with Crippen molar-refractivity contribution in [1.29, 1.82) is 5.26 Å². The third-order valence-corrected chi connectivity index (χ3v) is 11.8. The molecule has 10 heteroatoms. The average Bonchev–Trinajstić information content (AvgIpc) is 3.53. The topological polar surface area (TPSA) is 114 Å². The number of nitriles is 1. The number of aliphatic hydroxyl groups is 1. The van der Waals surface area contributed by atoms with Crippen molar-refractivity contribution in [2.75, 3.05) is 19.5 Å². The summed E-state index contributed by atoms with van der Waals surface area (Å²) < 4.78 is 27.1. The van der Waals surface area contributed by atoms with Gasteiger partial charge in [-0.3, -0.25) is 4.79 Å².